The number of aromatic nitrogens is 2. The lowest BCUT2D eigenvalue weighted by Gasteiger charge is -2.09. The van der Waals surface area contributed by atoms with Crippen LogP contribution in [0.15, 0.2) is 48.7 Å². The Hall–Kier alpha value is -3.15. The van der Waals surface area contributed by atoms with E-state index >= 15 is 0 Å². The van der Waals surface area contributed by atoms with Crippen LogP contribution in [0.1, 0.15) is 28.5 Å². The Kier molecular flexibility index (Phi) is 5.02. The molecule has 26 heavy (non-hydrogen) atoms. The van der Waals surface area contributed by atoms with Gasteiger partial charge in [0.25, 0.3) is 5.91 Å². The predicted octanol–water partition coefficient (Wildman–Crippen LogP) is 4.28. The number of amides is 1. The molecule has 0 bridgehead atoms. The highest BCUT2D eigenvalue weighted by Gasteiger charge is 2.19. The topological polar surface area (TPSA) is 56.2 Å². The number of hydrogen-bond donors (Lipinski definition) is 1. The summed E-state index contributed by atoms with van der Waals surface area (Å²) in [5.41, 5.74) is 3.62. The molecule has 0 unspecified atom stereocenters. The van der Waals surface area contributed by atoms with Gasteiger partial charge < -0.3 is 10.1 Å². The SMILES string of the molecule is CCOc1cn(-c2ccc(F)cc2)nc1C(=O)Nc1ccc(C)cc1C. The number of rotatable bonds is 5. The van der Waals surface area contributed by atoms with Gasteiger partial charge in [0.05, 0.1) is 18.5 Å². The number of nitrogens with one attached hydrogen (secondary N) is 1. The van der Waals surface area contributed by atoms with Gasteiger partial charge in [-0.15, -0.1) is 0 Å². The van der Waals surface area contributed by atoms with Crippen molar-refractivity contribution in [3.63, 3.8) is 0 Å². The van der Waals surface area contributed by atoms with Crippen LogP contribution in [0.3, 0.4) is 0 Å². The van der Waals surface area contributed by atoms with E-state index in [-0.39, 0.29) is 17.4 Å². The number of nitrogens with zero attached hydrogens (tertiary/aromatic N) is 2. The highest BCUT2D eigenvalue weighted by molar-refractivity contribution is 6.05. The molecular formula is C20H20FN3O2. The summed E-state index contributed by atoms with van der Waals surface area (Å²) in [6.07, 6.45) is 1.62. The third-order valence-corrected chi connectivity index (χ3v) is 3.92. The van der Waals surface area contributed by atoms with Gasteiger partial charge in [-0.05, 0) is 56.7 Å². The fourth-order valence-corrected chi connectivity index (χ4v) is 2.64. The van der Waals surface area contributed by atoms with Crippen LogP contribution in [-0.4, -0.2) is 22.3 Å². The number of aryl methyl sites for hydroxylation is 2. The zero-order chi connectivity index (χ0) is 18.7. The van der Waals surface area contributed by atoms with Gasteiger partial charge in [0.15, 0.2) is 11.4 Å². The molecule has 0 fully saturated rings. The Morgan fingerprint density at radius 3 is 2.58 bits per heavy atom. The molecule has 1 N–H and O–H groups in total. The summed E-state index contributed by atoms with van der Waals surface area (Å²) >= 11 is 0. The molecule has 0 saturated carbocycles. The molecule has 3 rings (SSSR count). The van der Waals surface area contributed by atoms with Gasteiger partial charge in [0.2, 0.25) is 0 Å². The van der Waals surface area contributed by atoms with Crippen molar-refractivity contribution in [1.82, 2.24) is 9.78 Å². The first kappa shape index (κ1) is 17.7. The summed E-state index contributed by atoms with van der Waals surface area (Å²) in [4.78, 5) is 12.7. The molecule has 2 aromatic carbocycles. The van der Waals surface area contributed by atoms with Crippen molar-refractivity contribution in [2.75, 3.05) is 11.9 Å². The van der Waals surface area contributed by atoms with Crippen LogP contribution in [0.4, 0.5) is 10.1 Å². The Bertz CT molecular complexity index is 933. The van der Waals surface area contributed by atoms with Crippen LogP contribution in [0, 0.1) is 19.7 Å². The fourth-order valence-electron chi connectivity index (χ4n) is 2.64. The van der Waals surface area contributed by atoms with E-state index in [2.05, 4.69) is 10.4 Å². The molecular weight excluding hydrogens is 333 g/mol. The molecule has 6 heteroatoms. The van der Waals surface area contributed by atoms with Crippen LogP contribution >= 0.6 is 0 Å². The molecule has 0 aliphatic carbocycles. The smallest absolute Gasteiger partial charge is 0.280 e. The van der Waals surface area contributed by atoms with Crippen molar-refractivity contribution >= 4 is 11.6 Å². The van der Waals surface area contributed by atoms with Crippen LogP contribution < -0.4 is 10.1 Å². The summed E-state index contributed by atoms with van der Waals surface area (Å²) in [7, 11) is 0. The molecule has 0 radical (unpaired) electrons. The monoisotopic (exact) mass is 353 g/mol. The summed E-state index contributed by atoms with van der Waals surface area (Å²) in [5, 5.41) is 7.20. The first-order valence-corrected chi connectivity index (χ1v) is 8.35. The lowest BCUT2D eigenvalue weighted by Crippen LogP contribution is -2.15. The molecule has 3 aromatic rings. The molecule has 5 nitrogen and oxygen atoms in total. The van der Waals surface area contributed by atoms with Gasteiger partial charge in [-0.1, -0.05) is 17.7 Å². The Morgan fingerprint density at radius 1 is 1.19 bits per heavy atom. The van der Waals surface area contributed by atoms with E-state index in [0.717, 1.165) is 16.8 Å². The zero-order valence-corrected chi connectivity index (χ0v) is 14.9. The van der Waals surface area contributed by atoms with Crippen LogP contribution in [0.2, 0.25) is 0 Å². The maximum absolute atomic E-state index is 13.1. The minimum atomic E-state index is -0.360. The molecule has 1 aromatic heterocycles. The number of carbonyl (C=O) groups excluding carboxylic acids is 1. The quantitative estimate of drug-likeness (QED) is 0.745. The Balaban J connectivity index is 1.92. The number of hydrogen-bond acceptors (Lipinski definition) is 3. The maximum atomic E-state index is 13.1. The molecule has 0 aliphatic rings. The summed E-state index contributed by atoms with van der Waals surface area (Å²) in [5.74, 6) is -0.320. The molecule has 0 spiro atoms. The largest absolute Gasteiger partial charge is 0.490 e. The van der Waals surface area contributed by atoms with Crippen molar-refractivity contribution in [3.8, 4) is 11.4 Å². The second kappa shape index (κ2) is 7.39. The maximum Gasteiger partial charge on any atom is 0.280 e. The summed E-state index contributed by atoms with van der Waals surface area (Å²) in [6.45, 7) is 6.17. The van der Waals surface area contributed by atoms with E-state index in [1.54, 1.807) is 18.3 Å². The molecule has 0 atom stereocenters. The van der Waals surface area contributed by atoms with E-state index in [4.69, 9.17) is 4.74 Å². The van der Waals surface area contributed by atoms with Crippen LogP contribution in [-0.2, 0) is 0 Å². The van der Waals surface area contributed by atoms with Crippen molar-refractivity contribution in [3.05, 3.63) is 71.3 Å². The standard InChI is InChI=1S/C20H20FN3O2/c1-4-26-18-12-24(16-8-6-15(21)7-9-16)23-19(18)20(25)22-17-10-5-13(2)11-14(17)3/h5-12H,4H2,1-3H3,(H,22,25). The Labute approximate surface area is 151 Å². The third-order valence-electron chi connectivity index (χ3n) is 3.92. The number of carbonyl (C=O) groups is 1. The second-order valence-corrected chi connectivity index (χ2v) is 5.97. The third kappa shape index (κ3) is 3.74. The van der Waals surface area contributed by atoms with Gasteiger partial charge in [0.1, 0.15) is 5.82 Å². The van der Waals surface area contributed by atoms with Crippen LogP contribution in [0.25, 0.3) is 5.69 Å². The summed E-state index contributed by atoms with van der Waals surface area (Å²) < 4.78 is 20.2. The van der Waals surface area contributed by atoms with Crippen LogP contribution in [0.5, 0.6) is 5.75 Å². The second-order valence-electron chi connectivity index (χ2n) is 5.97. The average Bonchev–Trinajstić information content (AvgIpc) is 3.02. The average molecular weight is 353 g/mol. The first-order chi connectivity index (χ1) is 12.5. The van der Waals surface area contributed by atoms with Gasteiger partial charge >= 0.3 is 0 Å². The van der Waals surface area contributed by atoms with E-state index in [0.29, 0.717) is 18.0 Å². The van der Waals surface area contributed by atoms with Gasteiger partial charge in [0, 0.05) is 5.69 Å². The highest BCUT2D eigenvalue weighted by Crippen LogP contribution is 2.23. The molecule has 1 heterocycles. The van der Waals surface area contributed by atoms with E-state index in [9.17, 15) is 9.18 Å². The van der Waals surface area contributed by atoms with E-state index in [1.165, 1.54) is 16.8 Å². The van der Waals surface area contributed by atoms with Crippen molar-refractivity contribution in [2.45, 2.75) is 20.8 Å². The Morgan fingerprint density at radius 2 is 1.92 bits per heavy atom. The minimum absolute atomic E-state index is 0.177. The van der Waals surface area contributed by atoms with Gasteiger partial charge in [-0.3, -0.25) is 4.79 Å². The minimum Gasteiger partial charge on any atom is -0.490 e. The number of anilines is 1. The number of benzene rings is 2. The van der Waals surface area contributed by atoms with Gasteiger partial charge in [-0.2, -0.15) is 5.10 Å². The predicted molar refractivity (Wildman–Crippen MR) is 98.6 cm³/mol. The fraction of sp³-hybridized carbons (Fsp3) is 0.200. The number of halogens is 1. The van der Waals surface area contributed by atoms with Crippen molar-refractivity contribution in [1.29, 1.82) is 0 Å². The number of ether oxygens (including phenoxy) is 1. The first-order valence-electron chi connectivity index (χ1n) is 8.35. The lowest BCUT2D eigenvalue weighted by atomic mass is 10.1. The lowest BCUT2D eigenvalue weighted by molar-refractivity contribution is 0.101. The van der Waals surface area contributed by atoms with Crippen molar-refractivity contribution < 1.29 is 13.9 Å². The van der Waals surface area contributed by atoms with E-state index in [1.807, 2.05) is 39.0 Å². The molecule has 0 saturated heterocycles. The highest BCUT2D eigenvalue weighted by atomic mass is 19.1. The summed E-state index contributed by atoms with van der Waals surface area (Å²) in [6, 6.07) is 11.6. The van der Waals surface area contributed by atoms with E-state index < -0.39 is 0 Å². The normalized spacial score (nSPS) is 10.6. The molecule has 134 valence electrons. The van der Waals surface area contributed by atoms with Gasteiger partial charge in [-0.25, -0.2) is 9.07 Å². The molecule has 0 aliphatic heterocycles. The molecule has 1 amide bonds. The van der Waals surface area contributed by atoms with Crippen molar-refractivity contribution in [2.24, 2.45) is 0 Å². The zero-order valence-electron chi connectivity index (χ0n) is 14.9.